The summed E-state index contributed by atoms with van der Waals surface area (Å²) in [6.07, 6.45) is 0. The Labute approximate surface area is 136 Å². The molecule has 0 unspecified atom stereocenters. The predicted molar refractivity (Wildman–Crippen MR) is 91.4 cm³/mol. The molecule has 3 rings (SSSR count). The Balaban J connectivity index is 0.00000147. The van der Waals surface area contributed by atoms with Crippen molar-refractivity contribution >= 4 is 56.1 Å². The smallest absolute Gasteiger partial charge is 0.173 e. The monoisotopic (exact) mass is 365 g/mol. The highest BCUT2D eigenvalue weighted by Crippen LogP contribution is 2.29. The first kappa shape index (κ1) is 15.2. The standard InChI is InChI=1S/C15H11NOS2.BrH/c17-13(11-6-2-1-3-7-11)10-18-15-16-12-8-4-5-9-14(12)19-15;/h1-9H,10H2;1H. The number of rotatable bonds is 4. The molecular formula is C15H12BrNOS2. The molecule has 102 valence electrons. The van der Waals surface area contributed by atoms with Gasteiger partial charge in [-0.3, -0.25) is 4.79 Å². The van der Waals surface area contributed by atoms with E-state index in [1.54, 1.807) is 11.3 Å². The van der Waals surface area contributed by atoms with Crippen molar-refractivity contribution in [3.8, 4) is 0 Å². The minimum absolute atomic E-state index is 0. The third-order valence-electron chi connectivity index (χ3n) is 2.70. The molecule has 1 aromatic heterocycles. The SMILES string of the molecule is Br.O=C(CSc1nc2ccccc2s1)c1ccccc1. The highest BCUT2D eigenvalue weighted by molar-refractivity contribution is 8.93. The summed E-state index contributed by atoms with van der Waals surface area (Å²) in [5.74, 6) is 0.578. The second kappa shape index (κ2) is 7.02. The van der Waals surface area contributed by atoms with Crippen molar-refractivity contribution in [2.75, 3.05) is 5.75 Å². The number of ketones is 1. The Morgan fingerprint density at radius 1 is 1.05 bits per heavy atom. The van der Waals surface area contributed by atoms with Crippen LogP contribution < -0.4 is 0 Å². The zero-order valence-corrected chi connectivity index (χ0v) is 13.8. The van der Waals surface area contributed by atoms with Gasteiger partial charge in [-0.25, -0.2) is 4.98 Å². The van der Waals surface area contributed by atoms with E-state index in [9.17, 15) is 4.79 Å². The average molecular weight is 366 g/mol. The topological polar surface area (TPSA) is 30.0 Å². The fourth-order valence-electron chi connectivity index (χ4n) is 1.75. The summed E-state index contributed by atoms with van der Waals surface area (Å²) in [6.45, 7) is 0. The van der Waals surface area contributed by atoms with Gasteiger partial charge in [-0.2, -0.15) is 0 Å². The number of aromatic nitrogens is 1. The predicted octanol–water partition coefficient (Wildman–Crippen LogP) is 4.85. The van der Waals surface area contributed by atoms with E-state index in [0.29, 0.717) is 5.75 Å². The maximum atomic E-state index is 12.0. The van der Waals surface area contributed by atoms with Crippen molar-refractivity contribution < 1.29 is 4.79 Å². The lowest BCUT2D eigenvalue weighted by molar-refractivity contribution is 0.102. The first-order chi connectivity index (χ1) is 9.33. The number of carbonyl (C=O) groups excluding carboxylic acids is 1. The summed E-state index contributed by atoms with van der Waals surface area (Å²) < 4.78 is 2.11. The van der Waals surface area contributed by atoms with Crippen molar-refractivity contribution in [1.82, 2.24) is 4.98 Å². The number of benzene rings is 2. The maximum absolute atomic E-state index is 12.0. The van der Waals surface area contributed by atoms with Gasteiger partial charge in [-0.1, -0.05) is 54.2 Å². The highest BCUT2D eigenvalue weighted by atomic mass is 79.9. The van der Waals surface area contributed by atoms with Crippen molar-refractivity contribution in [1.29, 1.82) is 0 Å². The van der Waals surface area contributed by atoms with Crippen LogP contribution in [0.2, 0.25) is 0 Å². The van der Waals surface area contributed by atoms with Crippen LogP contribution in [0.4, 0.5) is 0 Å². The van der Waals surface area contributed by atoms with Gasteiger partial charge in [-0.05, 0) is 12.1 Å². The third kappa shape index (κ3) is 3.48. The van der Waals surface area contributed by atoms with Crippen LogP contribution in [0.1, 0.15) is 10.4 Å². The Kier molecular flexibility index (Phi) is 5.34. The number of Topliss-reactive ketones (excluding diaryl/α,β-unsaturated/α-hetero) is 1. The molecule has 0 saturated heterocycles. The molecule has 0 radical (unpaired) electrons. The minimum Gasteiger partial charge on any atom is -0.293 e. The molecular weight excluding hydrogens is 354 g/mol. The first-order valence-corrected chi connectivity index (χ1v) is 7.70. The molecule has 0 fully saturated rings. The van der Waals surface area contributed by atoms with Crippen LogP contribution in [0.25, 0.3) is 10.2 Å². The van der Waals surface area contributed by atoms with Gasteiger partial charge in [-0.15, -0.1) is 28.3 Å². The number of thiazole rings is 1. The Morgan fingerprint density at radius 3 is 2.50 bits per heavy atom. The normalized spacial score (nSPS) is 10.2. The molecule has 0 aliphatic heterocycles. The van der Waals surface area contributed by atoms with Crippen LogP contribution in [0, 0.1) is 0 Å². The number of para-hydroxylation sites is 1. The number of fused-ring (bicyclic) bond motifs is 1. The van der Waals surface area contributed by atoms with Crippen LogP contribution >= 0.6 is 40.1 Å². The molecule has 0 bridgehead atoms. The summed E-state index contributed by atoms with van der Waals surface area (Å²) in [6, 6.07) is 17.4. The zero-order chi connectivity index (χ0) is 13.1. The van der Waals surface area contributed by atoms with Crippen LogP contribution in [0.3, 0.4) is 0 Å². The molecule has 5 heteroatoms. The second-order valence-corrected chi connectivity index (χ2v) is 6.28. The molecule has 0 N–H and O–H groups in total. The maximum Gasteiger partial charge on any atom is 0.173 e. The van der Waals surface area contributed by atoms with Gasteiger partial charge in [0.15, 0.2) is 10.1 Å². The van der Waals surface area contributed by atoms with Crippen LogP contribution in [-0.2, 0) is 0 Å². The molecule has 0 amide bonds. The quantitative estimate of drug-likeness (QED) is 0.488. The fraction of sp³-hybridized carbons (Fsp3) is 0.0667. The summed E-state index contributed by atoms with van der Waals surface area (Å²) in [5.41, 5.74) is 1.76. The van der Waals surface area contributed by atoms with Crippen molar-refractivity contribution in [3.63, 3.8) is 0 Å². The third-order valence-corrected chi connectivity index (χ3v) is 4.88. The van der Waals surface area contributed by atoms with E-state index in [0.717, 1.165) is 20.1 Å². The van der Waals surface area contributed by atoms with Gasteiger partial charge in [0.1, 0.15) is 0 Å². The van der Waals surface area contributed by atoms with E-state index in [-0.39, 0.29) is 22.8 Å². The molecule has 0 spiro atoms. The van der Waals surface area contributed by atoms with Crippen molar-refractivity contribution in [2.24, 2.45) is 0 Å². The summed E-state index contributed by atoms with van der Waals surface area (Å²) >= 11 is 3.14. The molecule has 3 aromatic rings. The number of thioether (sulfide) groups is 1. The number of carbonyl (C=O) groups is 1. The van der Waals surface area contributed by atoms with Gasteiger partial charge in [0.25, 0.3) is 0 Å². The van der Waals surface area contributed by atoms with E-state index >= 15 is 0 Å². The number of hydrogen-bond acceptors (Lipinski definition) is 4. The number of nitrogens with zero attached hydrogens (tertiary/aromatic N) is 1. The molecule has 2 nitrogen and oxygen atoms in total. The van der Waals surface area contributed by atoms with Crippen molar-refractivity contribution in [3.05, 3.63) is 60.2 Å². The molecule has 0 saturated carbocycles. The van der Waals surface area contributed by atoms with E-state index < -0.39 is 0 Å². The van der Waals surface area contributed by atoms with Gasteiger partial charge >= 0.3 is 0 Å². The number of halogens is 1. The lowest BCUT2D eigenvalue weighted by Crippen LogP contribution is -2.01. The minimum atomic E-state index is 0. The molecule has 0 aliphatic rings. The van der Waals surface area contributed by atoms with Crippen molar-refractivity contribution in [2.45, 2.75) is 4.34 Å². The highest BCUT2D eigenvalue weighted by Gasteiger charge is 2.08. The van der Waals surface area contributed by atoms with E-state index in [1.165, 1.54) is 11.8 Å². The molecule has 20 heavy (non-hydrogen) atoms. The van der Waals surface area contributed by atoms with Gasteiger partial charge in [0.2, 0.25) is 0 Å². The Morgan fingerprint density at radius 2 is 1.75 bits per heavy atom. The lowest BCUT2D eigenvalue weighted by Gasteiger charge is -1.98. The number of hydrogen-bond donors (Lipinski definition) is 0. The molecule has 1 heterocycles. The van der Waals surface area contributed by atoms with Crippen LogP contribution in [-0.4, -0.2) is 16.5 Å². The lowest BCUT2D eigenvalue weighted by atomic mass is 10.2. The summed E-state index contributed by atoms with van der Waals surface area (Å²) in [4.78, 5) is 16.5. The Bertz CT molecular complexity index is 679. The van der Waals surface area contributed by atoms with Crippen LogP contribution in [0.15, 0.2) is 58.9 Å². The second-order valence-electron chi connectivity index (χ2n) is 4.03. The molecule has 0 atom stereocenters. The van der Waals surface area contributed by atoms with Gasteiger partial charge < -0.3 is 0 Å². The first-order valence-electron chi connectivity index (χ1n) is 5.89. The van der Waals surface area contributed by atoms with Gasteiger partial charge in [0.05, 0.1) is 16.0 Å². The van der Waals surface area contributed by atoms with E-state index in [4.69, 9.17) is 0 Å². The zero-order valence-electron chi connectivity index (χ0n) is 10.5. The van der Waals surface area contributed by atoms with Gasteiger partial charge in [0, 0.05) is 5.56 Å². The average Bonchev–Trinajstić information content (AvgIpc) is 2.88. The molecule has 2 aromatic carbocycles. The largest absolute Gasteiger partial charge is 0.293 e. The summed E-state index contributed by atoms with van der Waals surface area (Å²) in [7, 11) is 0. The van der Waals surface area contributed by atoms with Crippen LogP contribution in [0.5, 0.6) is 0 Å². The summed E-state index contributed by atoms with van der Waals surface area (Å²) in [5, 5.41) is 0. The van der Waals surface area contributed by atoms with E-state index in [2.05, 4.69) is 11.1 Å². The fourth-order valence-corrected chi connectivity index (χ4v) is 3.71. The molecule has 0 aliphatic carbocycles. The Hall–Kier alpha value is -1.17. The van der Waals surface area contributed by atoms with E-state index in [1.807, 2.05) is 48.5 Å².